The Morgan fingerprint density at radius 1 is 0.266 bits per heavy atom. The van der Waals surface area contributed by atoms with Gasteiger partial charge in [-0.2, -0.15) is 0 Å². The van der Waals surface area contributed by atoms with E-state index < -0.39 is 6.10 Å². The summed E-state index contributed by atoms with van der Waals surface area (Å²) in [5.41, 5.74) is 0. The molecular weight excluding hydrogens is 973 g/mol. The smallest absolute Gasteiger partial charge is 0.306 e. The maximum absolute atomic E-state index is 12.9. The molecule has 79 heavy (non-hydrogen) atoms. The van der Waals surface area contributed by atoms with Gasteiger partial charge in [-0.15, -0.1) is 0 Å². The zero-order valence-corrected chi connectivity index (χ0v) is 52.4. The maximum atomic E-state index is 12.9. The van der Waals surface area contributed by atoms with Crippen LogP contribution < -0.4 is 0 Å². The van der Waals surface area contributed by atoms with Crippen LogP contribution in [0.5, 0.6) is 0 Å². The number of rotatable bonds is 62. The highest BCUT2D eigenvalue weighted by Crippen LogP contribution is 2.17. The summed E-state index contributed by atoms with van der Waals surface area (Å²) in [5, 5.41) is 0. The first-order chi connectivity index (χ1) is 39.0. The predicted octanol–water partition coefficient (Wildman–Crippen LogP) is 23.4. The fourth-order valence-electron chi connectivity index (χ4n) is 9.84. The summed E-state index contributed by atoms with van der Waals surface area (Å²) in [5.74, 6) is -0.868. The van der Waals surface area contributed by atoms with Crippen molar-refractivity contribution in [2.45, 2.75) is 348 Å². The van der Waals surface area contributed by atoms with E-state index in [2.05, 4.69) is 106 Å². The summed E-state index contributed by atoms with van der Waals surface area (Å²) >= 11 is 0. The Labute approximate surface area is 490 Å². The molecule has 0 amide bonds. The van der Waals surface area contributed by atoms with Crippen LogP contribution >= 0.6 is 0 Å². The molecule has 0 rings (SSSR count). The summed E-state index contributed by atoms with van der Waals surface area (Å²) in [7, 11) is 0. The highest BCUT2D eigenvalue weighted by Gasteiger charge is 2.19. The quantitative estimate of drug-likeness (QED) is 0.0261. The van der Waals surface area contributed by atoms with E-state index in [0.717, 1.165) is 109 Å². The molecule has 456 valence electrons. The molecule has 1 unspecified atom stereocenters. The Morgan fingerprint density at radius 3 is 0.772 bits per heavy atom. The van der Waals surface area contributed by atoms with Crippen LogP contribution in [0, 0.1) is 0 Å². The molecule has 0 aromatic rings. The molecule has 0 fully saturated rings. The minimum atomic E-state index is -0.779. The minimum absolute atomic E-state index is 0.0748. The molecule has 0 aliphatic carbocycles. The molecule has 0 aromatic carbocycles. The first-order valence-electron chi connectivity index (χ1n) is 34.1. The standard InChI is InChI=1S/C73H128O6/c1-4-7-10-13-16-19-22-25-27-29-31-33-34-35-36-37-38-39-40-41-43-44-46-48-51-54-57-60-63-66-72(75)78-69-70(68-77-71(74)65-62-59-56-53-50-24-21-18-15-12-9-6-3)79-73(76)67-64-61-58-55-52-49-47-45-42-32-30-28-26-23-20-17-14-11-8-5-2/h7,10,16,19,25,27,31,33,35-36,38-39,41,43,70H,4-6,8-9,11-15,17-18,20-24,26,28-30,32,34,37,40,42,44-69H2,1-3H3/b10-7-,19-16-,27-25-,33-31-,36-35-,39-38-,43-41-. The van der Waals surface area contributed by atoms with Crippen LogP contribution in [-0.2, 0) is 28.6 Å². The van der Waals surface area contributed by atoms with E-state index in [0.29, 0.717) is 19.3 Å². The first kappa shape index (κ1) is 75.6. The van der Waals surface area contributed by atoms with Crippen LogP contribution in [0.3, 0.4) is 0 Å². The van der Waals surface area contributed by atoms with Crippen molar-refractivity contribution >= 4 is 17.9 Å². The van der Waals surface area contributed by atoms with Crippen LogP contribution in [-0.4, -0.2) is 37.2 Å². The second kappa shape index (κ2) is 67.1. The van der Waals surface area contributed by atoms with Crippen molar-refractivity contribution in [2.24, 2.45) is 0 Å². The van der Waals surface area contributed by atoms with E-state index >= 15 is 0 Å². The van der Waals surface area contributed by atoms with Crippen molar-refractivity contribution in [2.75, 3.05) is 13.2 Å². The van der Waals surface area contributed by atoms with E-state index in [4.69, 9.17) is 14.2 Å². The lowest BCUT2D eigenvalue weighted by Crippen LogP contribution is -2.30. The molecule has 0 aromatic heterocycles. The van der Waals surface area contributed by atoms with Gasteiger partial charge in [-0.3, -0.25) is 14.4 Å². The van der Waals surface area contributed by atoms with E-state index in [9.17, 15) is 14.4 Å². The zero-order valence-electron chi connectivity index (χ0n) is 52.4. The van der Waals surface area contributed by atoms with Crippen LogP contribution in [0.1, 0.15) is 342 Å². The first-order valence-corrected chi connectivity index (χ1v) is 34.1. The zero-order chi connectivity index (χ0) is 57.1. The van der Waals surface area contributed by atoms with Crippen LogP contribution in [0.25, 0.3) is 0 Å². The average Bonchev–Trinajstić information content (AvgIpc) is 3.45. The molecule has 0 saturated heterocycles. The van der Waals surface area contributed by atoms with Gasteiger partial charge in [0.25, 0.3) is 0 Å². The van der Waals surface area contributed by atoms with E-state index in [1.807, 2.05) is 0 Å². The molecule has 6 heteroatoms. The Hall–Kier alpha value is -3.41. The molecule has 0 N–H and O–H groups in total. The SMILES string of the molecule is CC/C=C\C/C=C\C/C=C\C/C=C\C/C=C\C/C=C\C/C=C\CCCCCCCCCC(=O)OCC(COC(=O)CCCCCCCCCCCCCC)OC(=O)CCCCCCCCCCCCCCCCCCCCCC. The topological polar surface area (TPSA) is 78.9 Å². The fourth-order valence-corrected chi connectivity index (χ4v) is 9.84. The van der Waals surface area contributed by atoms with Gasteiger partial charge in [-0.05, 0) is 77.0 Å². The molecule has 6 nitrogen and oxygen atoms in total. The third kappa shape index (κ3) is 65.3. The minimum Gasteiger partial charge on any atom is -0.462 e. The lowest BCUT2D eigenvalue weighted by Gasteiger charge is -2.18. The molecule has 0 saturated carbocycles. The number of unbranched alkanes of at least 4 members (excludes halogenated alkanes) is 37. The number of allylic oxidation sites excluding steroid dienone is 14. The normalized spacial score (nSPS) is 12.6. The summed E-state index contributed by atoms with van der Waals surface area (Å²) in [4.78, 5) is 38.4. The predicted molar refractivity (Wildman–Crippen MR) is 344 cm³/mol. The largest absolute Gasteiger partial charge is 0.462 e. The lowest BCUT2D eigenvalue weighted by atomic mass is 10.0. The monoisotopic (exact) mass is 1100 g/mol. The number of ether oxygens (including phenoxy) is 3. The van der Waals surface area contributed by atoms with Gasteiger partial charge in [0.15, 0.2) is 6.10 Å². The van der Waals surface area contributed by atoms with Gasteiger partial charge in [0.05, 0.1) is 0 Å². The number of carbonyl (C=O) groups excluding carboxylic acids is 3. The van der Waals surface area contributed by atoms with Crippen molar-refractivity contribution in [3.63, 3.8) is 0 Å². The van der Waals surface area contributed by atoms with Gasteiger partial charge < -0.3 is 14.2 Å². The van der Waals surface area contributed by atoms with Crippen molar-refractivity contribution in [1.82, 2.24) is 0 Å². The summed E-state index contributed by atoms with van der Waals surface area (Å²) in [6.07, 6.45) is 88.8. The highest BCUT2D eigenvalue weighted by atomic mass is 16.6. The van der Waals surface area contributed by atoms with Crippen molar-refractivity contribution in [3.8, 4) is 0 Å². The Morgan fingerprint density at radius 2 is 0.494 bits per heavy atom. The number of esters is 3. The average molecular weight is 1100 g/mol. The molecule has 0 spiro atoms. The van der Waals surface area contributed by atoms with Gasteiger partial charge in [0, 0.05) is 19.3 Å². The van der Waals surface area contributed by atoms with Crippen molar-refractivity contribution < 1.29 is 28.6 Å². The third-order valence-electron chi connectivity index (χ3n) is 14.9. The molecule has 0 bridgehead atoms. The molecule has 0 radical (unpaired) electrons. The molecule has 1 atom stereocenters. The molecular formula is C73H128O6. The Balaban J connectivity index is 4.28. The van der Waals surface area contributed by atoms with Gasteiger partial charge in [0.1, 0.15) is 13.2 Å². The molecule has 0 heterocycles. The number of hydrogen-bond acceptors (Lipinski definition) is 6. The van der Waals surface area contributed by atoms with Gasteiger partial charge >= 0.3 is 17.9 Å². The maximum Gasteiger partial charge on any atom is 0.306 e. The van der Waals surface area contributed by atoms with E-state index in [-0.39, 0.29) is 31.1 Å². The molecule has 0 aliphatic heterocycles. The lowest BCUT2D eigenvalue weighted by molar-refractivity contribution is -0.167. The summed E-state index contributed by atoms with van der Waals surface area (Å²) in [6.45, 7) is 6.56. The summed E-state index contributed by atoms with van der Waals surface area (Å²) in [6, 6.07) is 0. The fraction of sp³-hybridized carbons (Fsp3) is 0.767. The van der Waals surface area contributed by atoms with Crippen LogP contribution in [0.4, 0.5) is 0 Å². The Bertz CT molecular complexity index is 1500. The number of carbonyl (C=O) groups is 3. The second-order valence-electron chi connectivity index (χ2n) is 22.7. The van der Waals surface area contributed by atoms with Crippen molar-refractivity contribution in [1.29, 1.82) is 0 Å². The van der Waals surface area contributed by atoms with Gasteiger partial charge in [0.2, 0.25) is 0 Å². The van der Waals surface area contributed by atoms with Gasteiger partial charge in [-0.1, -0.05) is 331 Å². The molecule has 0 aliphatic rings. The van der Waals surface area contributed by atoms with Crippen LogP contribution in [0.2, 0.25) is 0 Å². The van der Waals surface area contributed by atoms with E-state index in [1.165, 1.54) is 193 Å². The Kier molecular flexibility index (Phi) is 64.2. The summed E-state index contributed by atoms with van der Waals surface area (Å²) < 4.78 is 17.0. The van der Waals surface area contributed by atoms with E-state index in [1.54, 1.807) is 0 Å². The number of hydrogen-bond donors (Lipinski definition) is 0. The van der Waals surface area contributed by atoms with Gasteiger partial charge in [-0.25, -0.2) is 0 Å². The van der Waals surface area contributed by atoms with Crippen LogP contribution in [0.15, 0.2) is 85.1 Å². The second-order valence-corrected chi connectivity index (χ2v) is 22.7. The van der Waals surface area contributed by atoms with Crippen molar-refractivity contribution in [3.05, 3.63) is 85.1 Å². The highest BCUT2D eigenvalue weighted by molar-refractivity contribution is 5.71. The third-order valence-corrected chi connectivity index (χ3v) is 14.9.